The second-order valence-electron chi connectivity index (χ2n) is 7.38. The molecule has 144 valence electrons. The third-order valence-corrected chi connectivity index (χ3v) is 5.30. The van der Waals surface area contributed by atoms with Gasteiger partial charge in [0.05, 0.1) is 18.0 Å². The lowest BCUT2D eigenvalue weighted by Crippen LogP contribution is -2.49. The van der Waals surface area contributed by atoms with Crippen LogP contribution >= 0.6 is 0 Å². The normalized spacial score (nSPS) is 20.8. The van der Waals surface area contributed by atoms with Gasteiger partial charge >= 0.3 is 6.03 Å². The van der Waals surface area contributed by atoms with Crippen LogP contribution in [0.15, 0.2) is 28.9 Å². The zero-order valence-corrected chi connectivity index (χ0v) is 15.9. The fourth-order valence-corrected chi connectivity index (χ4v) is 3.79. The lowest BCUT2D eigenvalue weighted by Gasteiger charge is -2.29. The summed E-state index contributed by atoms with van der Waals surface area (Å²) in [6, 6.07) is 4.90. The molecular formula is C19H25N5O3. The zero-order valence-electron chi connectivity index (χ0n) is 15.9. The molecule has 8 nitrogen and oxygen atoms in total. The number of furan rings is 1. The molecule has 2 fully saturated rings. The highest BCUT2D eigenvalue weighted by atomic mass is 16.3. The number of nitrogens with zero attached hydrogens (tertiary/aromatic N) is 4. The van der Waals surface area contributed by atoms with E-state index in [2.05, 4.69) is 10.4 Å². The van der Waals surface area contributed by atoms with Crippen LogP contribution in [0.4, 0.5) is 10.6 Å². The predicted molar refractivity (Wildman–Crippen MR) is 99.2 cm³/mol. The first-order valence-electron chi connectivity index (χ1n) is 9.40. The molecule has 0 spiro atoms. The van der Waals surface area contributed by atoms with E-state index in [-0.39, 0.29) is 24.0 Å². The highest BCUT2D eigenvalue weighted by Crippen LogP contribution is 2.34. The second kappa shape index (κ2) is 6.75. The Morgan fingerprint density at radius 2 is 2.19 bits per heavy atom. The molecule has 0 radical (unpaired) electrons. The number of amides is 3. The minimum Gasteiger partial charge on any atom is -0.467 e. The van der Waals surface area contributed by atoms with Crippen molar-refractivity contribution in [3.63, 3.8) is 0 Å². The minimum atomic E-state index is -0.516. The van der Waals surface area contributed by atoms with Gasteiger partial charge < -0.3 is 14.6 Å². The highest BCUT2D eigenvalue weighted by molar-refractivity contribution is 6.00. The molecule has 1 saturated carbocycles. The quantitative estimate of drug-likeness (QED) is 0.875. The van der Waals surface area contributed by atoms with Gasteiger partial charge in [0, 0.05) is 25.7 Å². The van der Waals surface area contributed by atoms with Crippen LogP contribution in [0.5, 0.6) is 0 Å². The van der Waals surface area contributed by atoms with Gasteiger partial charge in [-0.25, -0.2) is 4.79 Å². The monoisotopic (exact) mass is 371 g/mol. The highest BCUT2D eigenvalue weighted by Gasteiger charge is 2.41. The number of hydrogen-bond donors (Lipinski definition) is 1. The van der Waals surface area contributed by atoms with E-state index in [1.54, 1.807) is 15.8 Å². The first kappa shape index (κ1) is 17.6. The maximum Gasteiger partial charge on any atom is 0.318 e. The van der Waals surface area contributed by atoms with Crippen molar-refractivity contribution in [1.82, 2.24) is 20.0 Å². The standard InChI is InChI=1S/C19H25N5O3/c1-12-11-17(22(3)21-12)23-9-8-15(18(23)25)20-19(26)24(14-6-7-14)13(2)16-5-4-10-27-16/h4-5,10-11,13-15H,6-9H2,1-3H3,(H,20,26). The fraction of sp³-hybridized carbons (Fsp3) is 0.526. The van der Waals surface area contributed by atoms with Crippen molar-refractivity contribution in [2.45, 2.75) is 51.2 Å². The minimum absolute atomic E-state index is 0.0900. The Kier molecular flexibility index (Phi) is 4.41. The lowest BCUT2D eigenvalue weighted by atomic mass is 10.2. The Morgan fingerprint density at radius 1 is 1.41 bits per heavy atom. The molecular weight excluding hydrogens is 346 g/mol. The summed E-state index contributed by atoms with van der Waals surface area (Å²) in [6.07, 6.45) is 4.17. The largest absolute Gasteiger partial charge is 0.467 e. The van der Waals surface area contributed by atoms with Gasteiger partial charge in [0.1, 0.15) is 17.6 Å². The molecule has 1 aliphatic carbocycles. The van der Waals surface area contributed by atoms with Crippen molar-refractivity contribution in [3.8, 4) is 0 Å². The van der Waals surface area contributed by atoms with Crippen LogP contribution < -0.4 is 10.2 Å². The second-order valence-corrected chi connectivity index (χ2v) is 7.38. The van der Waals surface area contributed by atoms with E-state index in [1.165, 1.54) is 0 Å². The third kappa shape index (κ3) is 3.31. The summed E-state index contributed by atoms with van der Waals surface area (Å²) >= 11 is 0. The predicted octanol–water partition coefficient (Wildman–Crippen LogP) is 2.36. The Bertz CT molecular complexity index is 840. The number of carbonyl (C=O) groups is 2. The molecule has 0 aromatic carbocycles. The molecule has 2 atom stereocenters. The van der Waals surface area contributed by atoms with E-state index in [0.717, 1.165) is 30.1 Å². The molecule has 3 heterocycles. The van der Waals surface area contributed by atoms with Crippen LogP contribution in [0, 0.1) is 6.92 Å². The molecule has 2 unspecified atom stereocenters. The molecule has 27 heavy (non-hydrogen) atoms. The van der Waals surface area contributed by atoms with Crippen molar-refractivity contribution in [2.75, 3.05) is 11.4 Å². The van der Waals surface area contributed by atoms with E-state index >= 15 is 0 Å². The van der Waals surface area contributed by atoms with E-state index < -0.39 is 6.04 Å². The summed E-state index contributed by atoms with van der Waals surface area (Å²) in [5.41, 5.74) is 0.861. The van der Waals surface area contributed by atoms with Gasteiger partial charge in [0.15, 0.2) is 0 Å². The Balaban J connectivity index is 1.46. The smallest absolute Gasteiger partial charge is 0.318 e. The van der Waals surface area contributed by atoms with Crippen LogP contribution in [0.2, 0.25) is 0 Å². The SMILES string of the molecule is Cc1cc(N2CCC(NC(=O)N(C3CC3)C(C)c3ccco3)C2=O)n(C)n1. The zero-order chi connectivity index (χ0) is 19.1. The molecule has 2 aliphatic rings. The van der Waals surface area contributed by atoms with Crippen LogP contribution in [0.3, 0.4) is 0 Å². The molecule has 1 aliphatic heterocycles. The number of aryl methyl sites for hydroxylation is 2. The van der Waals surface area contributed by atoms with Gasteiger partial charge in [-0.15, -0.1) is 0 Å². The van der Waals surface area contributed by atoms with Crippen molar-refractivity contribution in [1.29, 1.82) is 0 Å². The van der Waals surface area contributed by atoms with Gasteiger partial charge in [0.25, 0.3) is 5.91 Å². The third-order valence-electron chi connectivity index (χ3n) is 5.30. The number of rotatable bonds is 5. The maximum absolute atomic E-state index is 13.0. The maximum atomic E-state index is 13.0. The van der Waals surface area contributed by atoms with Crippen LogP contribution in [-0.2, 0) is 11.8 Å². The van der Waals surface area contributed by atoms with Crippen LogP contribution in [-0.4, -0.2) is 45.2 Å². The van der Waals surface area contributed by atoms with Gasteiger partial charge in [0.2, 0.25) is 0 Å². The van der Waals surface area contributed by atoms with Crippen LogP contribution in [0.25, 0.3) is 0 Å². The lowest BCUT2D eigenvalue weighted by molar-refractivity contribution is -0.118. The van der Waals surface area contributed by atoms with Crippen LogP contribution in [0.1, 0.15) is 43.7 Å². The Hall–Kier alpha value is -2.77. The van der Waals surface area contributed by atoms with E-state index in [1.807, 2.05) is 44.0 Å². The summed E-state index contributed by atoms with van der Waals surface area (Å²) in [4.78, 5) is 29.3. The first-order valence-corrected chi connectivity index (χ1v) is 9.40. The van der Waals surface area contributed by atoms with Gasteiger partial charge in [-0.2, -0.15) is 5.10 Å². The van der Waals surface area contributed by atoms with Crippen molar-refractivity contribution in [3.05, 3.63) is 35.9 Å². The van der Waals surface area contributed by atoms with Gasteiger partial charge in [-0.05, 0) is 45.2 Å². The molecule has 2 aromatic heterocycles. The number of aromatic nitrogens is 2. The number of hydrogen-bond acceptors (Lipinski definition) is 4. The molecule has 4 rings (SSSR count). The average molecular weight is 371 g/mol. The van der Waals surface area contributed by atoms with Crippen molar-refractivity contribution in [2.24, 2.45) is 7.05 Å². The molecule has 1 saturated heterocycles. The van der Waals surface area contributed by atoms with Gasteiger partial charge in [-0.1, -0.05) is 0 Å². The molecule has 3 amide bonds. The summed E-state index contributed by atoms with van der Waals surface area (Å²) in [5.74, 6) is 1.42. The molecule has 2 aromatic rings. The Morgan fingerprint density at radius 3 is 2.78 bits per heavy atom. The summed E-state index contributed by atoms with van der Waals surface area (Å²) in [5, 5.41) is 7.25. The molecule has 8 heteroatoms. The summed E-state index contributed by atoms with van der Waals surface area (Å²) < 4.78 is 7.18. The molecule has 1 N–H and O–H groups in total. The Labute approximate surface area is 158 Å². The number of nitrogens with one attached hydrogen (secondary N) is 1. The number of carbonyl (C=O) groups excluding carboxylic acids is 2. The topological polar surface area (TPSA) is 83.6 Å². The number of urea groups is 1. The summed E-state index contributed by atoms with van der Waals surface area (Å²) in [6.45, 7) is 4.42. The average Bonchev–Trinajstić information content (AvgIpc) is 3.03. The summed E-state index contributed by atoms with van der Waals surface area (Å²) in [7, 11) is 1.82. The van der Waals surface area contributed by atoms with E-state index in [4.69, 9.17) is 4.42 Å². The van der Waals surface area contributed by atoms with Crippen molar-refractivity contribution < 1.29 is 14.0 Å². The van der Waals surface area contributed by atoms with Gasteiger partial charge in [-0.3, -0.25) is 14.4 Å². The van der Waals surface area contributed by atoms with Crippen molar-refractivity contribution >= 4 is 17.8 Å². The molecule has 0 bridgehead atoms. The fourth-order valence-electron chi connectivity index (χ4n) is 3.79. The first-order chi connectivity index (χ1) is 13.0. The van der Waals surface area contributed by atoms with E-state index in [0.29, 0.717) is 13.0 Å². The van der Waals surface area contributed by atoms with E-state index in [9.17, 15) is 9.59 Å². The number of anilines is 1.